The maximum atomic E-state index is 4.62. The molecular weight excluding hydrogens is 128 g/mol. The second-order valence-electron chi connectivity index (χ2n) is 2.16. The standard InChI is InChI=1S/C8H9S/c9-7-6-8-4-2-1-3-5-8/h1-4,8H,5-6H2. The third-order valence-electron chi connectivity index (χ3n) is 1.41. The first-order chi connectivity index (χ1) is 4.43. The first kappa shape index (κ1) is 6.69. The molecule has 1 aliphatic rings. The van der Waals surface area contributed by atoms with Crippen LogP contribution >= 0.6 is 12.2 Å². The van der Waals surface area contributed by atoms with Crippen molar-refractivity contribution in [3.05, 3.63) is 24.3 Å². The van der Waals surface area contributed by atoms with Crippen molar-refractivity contribution in [3.63, 3.8) is 0 Å². The van der Waals surface area contributed by atoms with Crippen LogP contribution < -0.4 is 0 Å². The molecule has 0 saturated heterocycles. The molecule has 9 heavy (non-hydrogen) atoms. The molecule has 1 rings (SSSR count). The lowest BCUT2D eigenvalue weighted by Gasteiger charge is -2.07. The van der Waals surface area contributed by atoms with Crippen LogP contribution in [0.25, 0.3) is 0 Å². The van der Waals surface area contributed by atoms with Crippen LogP contribution in [0.5, 0.6) is 0 Å². The molecule has 0 bridgehead atoms. The molecule has 0 spiro atoms. The maximum Gasteiger partial charge on any atom is 0.0297 e. The maximum absolute atomic E-state index is 4.62. The fraction of sp³-hybridized carbons (Fsp3) is 0.375. The van der Waals surface area contributed by atoms with Crippen molar-refractivity contribution in [2.45, 2.75) is 12.8 Å². The Bertz CT molecular complexity index is 143. The zero-order chi connectivity index (χ0) is 6.53. The van der Waals surface area contributed by atoms with Gasteiger partial charge in [-0.3, -0.25) is 0 Å². The molecule has 0 aromatic carbocycles. The summed E-state index contributed by atoms with van der Waals surface area (Å²) in [4.78, 5) is 0. The first-order valence-electron chi connectivity index (χ1n) is 3.12. The first-order valence-corrected chi connectivity index (χ1v) is 3.52. The highest BCUT2D eigenvalue weighted by Crippen LogP contribution is 2.13. The molecule has 0 aromatic heterocycles. The van der Waals surface area contributed by atoms with Gasteiger partial charge in [0.2, 0.25) is 0 Å². The summed E-state index contributed by atoms with van der Waals surface area (Å²) >= 11 is 4.62. The van der Waals surface area contributed by atoms with Gasteiger partial charge in [-0.25, -0.2) is 0 Å². The van der Waals surface area contributed by atoms with Gasteiger partial charge in [-0.05, 0) is 18.8 Å². The Balaban J connectivity index is 2.36. The average Bonchev–Trinajstić information content (AvgIpc) is 1.91. The second-order valence-corrected chi connectivity index (χ2v) is 2.45. The molecule has 47 valence electrons. The van der Waals surface area contributed by atoms with Gasteiger partial charge in [-0.2, -0.15) is 0 Å². The van der Waals surface area contributed by atoms with E-state index in [-0.39, 0.29) is 0 Å². The van der Waals surface area contributed by atoms with E-state index in [9.17, 15) is 0 Å². The molecule has 0 N–H and O–H groups in total. The summed E-state index contributed by atoms with van der Waals surface area (Å²) in [6, 6.07) is 0. The Morgan fingerprint density at radius 2 is 2.44 bits per heavy atom. The van der Waals surface area contributed by atoms with Crippen LogP contribution in [0, 0.1) is 5.92 Å². The summed E-state index contributed by atoms with van der Waals surface area (Å²) in [6.07, 6.45) is 10.5. The molecule has 1 aliphatic carbocycles. The quantitative estimate of drug-likeness (QED) is 0.526. The van der Waals surface area contributed by atoms with Gasteiger partial charge in [0.15, 0.2) is 0 Å². The summed E-state index contributed by atoms with van der Waals surface area (Å²) < 4.78 is 0. The van der Waals surface area contributed by atoms with E-state index in [4.69, 9.17) is 0 Å². The fourth-order valence-corrected chi connectivity index (χ4v) is 1.10. The predicted octanol–water partition coefficient (Wildman–Crippen LogP) is 2.39. The third-order valence-corrected chi connectivity index (χ3v) is 1.58. The number of thiocarbonyl (C=S) groups is 1. The largest absolute Gasteiger partial charge is 0.0840 e. The molecule has 1 heteroatoms. The van der Waals surface area contributed by atoms with Gasteiger partial charge in [0, 0.05) is 5.37 Å². The van der Waals surface area contributed by atoms with Crippen LogP contribution in [0.15, 0.2) is 24.3 Å². The van der Waals surface area contributed by atoms with E-state index in [0.29, 0.717) is 5.92 Å². The Morgan fingerprint density at radius 1 is 1.56 bits per heavy atom. The van der Waals surface area contributed by atoms with Crippen molar-refractivity contribution in [1.29, 1.82) is 0 Å². The van der Waals surface area contributed by atoms with Crippen molar-refractivity contribution in [2.24, 2.45) is 5.92 Å². The lowest BCUT2D eigenvalue weighted by atomic mass is 9.99. The Morgan fingerprint density at radius 3 is 3.00 bits per heavy atom. The molecule has 0 heterocycles. The highest BCUT2D eigenvalue weighted by Gasteiger charge is 2.01. The van der Waals surface area contributed by atoms with Crippen LogP contribution in [0.2, 0.25) is 0 Å². The highest BCUT2D eigenvalue weighted by molar-refractivity contribution is 7.78. The summed E-state index contributed by atoms with van der Waals surface area (Å²) in [5.41, 5.74) is 0. The van der Waals surface area contributed by atoms with Crippen LogP contribution in [0.3, 0.4) is 0 Å². The molecule has 1 radical (unpaired) electrons. The lowest BCUT2D eigenvalue weighted by molar-refractivity contribution is 0.697. The SMILES string of the molecule is S=[C]CC1C=CC=CC1. The van der Waals surface area contributed by atoms with E-state index in [2.05, 4.69) is 41.9 Å². The number of rotatable bonds is 2. The summed E-state index contributed by atoms with van der Waals surface area (Å²) in [5.74, 6) is 0.618. The zero-order valence-electron chi connectivity index (χ0n) is 5.21. The second kappa shape index (κ2) is 3.57. The third kappa shape index (κ3) is 2.10. The van der Waals surface area contributed by atoms with Gasteiger partial charge in [0.05, 0.1) is 0 Å². The van der Waals surface area contributed by atoms with Crippen molar-refractivity contribution in [2.75, 3.05) is 0 Å². The van der Waals surface area contributed by atoms with Gasteiger partial charge in [-0.15, -0.1) is 0 Å². The normalized spacial score (nSPS) is 24.2. The summed E-state index contributed by atoms with van der Waals surface area (Å²) in [6.45, 7) is 0. The van der Waals surface area contributed by atoms with E-state index in [1.54, 1.807) is 0 Å². The van der Waals surface area contributed by atoms with E-state index in [1.165, 1.54) is 0 Å². The minimum atomic E-state index is 0.618. The molecule has 1 unspecified atom stereocenters. The monoisotopic (exact) mass is 137 g/mol. The van der Waals surface area contributed by atoms with Crippen LogP contribution in [-0.2, 0) is 0 Å². The molecule has 0 nitrogen and oxygen atoms in total. The van der Waals surface area contributed by atoms with Crippen molar-refractivity contribution in [3.8, 4) is 0 Å². The van der Waals surface area contributed by atoms with Crippen LogP contribution in [-0.4, -0.2) is 5.37 Å². The molecule has 0 aliphatic heterocycles. The number of hydrogen-bond donors (Lipinski definition) is 0. The van der Waals surface area contributed by atoms with Crippen molar-refractivity contribution in [1.82, 2.24) is 0 Å². The zero-order valence-corrected chi connectivity index (χ0v) is 6.03. The van der Waals surface area contributed by atoms with Gasteiger partial charge >= 0.3 is 0 Å². The minimum absolute atomic E-state index is 0.618. The van der Waals surface area contributed by atoms with Gasteiger partial charge in [0.25, 0.3) is 0 Å². The van der Waals surface area contributed by atoms with E-state index in [1.807, 2.05) is 0 Å². The van der Waals surface area contributed by atoms with Crippen LogP contribution in [0.1, 0.15) is 12.8 Å². The van der Waals surface area contributed by atoms with E-state index in [0.717, 1.165) is 12.8 Å². The van der Waals surface area contributed by atoms with Gasteiger partial charge < -0.3 is 0 Å². The van der Waals surface area contributed by atoms with Crippen molar-refractivity contribution >= 4 is 17.6 Å². The number of hydrogen-bond acceptors (Lipinski definition) is 1. The molecule has 0 fully saturated rings. The van der Waals surface area contributed by atoms with E-state index >= 15 is 0 Å². The highest BCUT2D eigenvalue weighted by atomic mass is 32.1. The Kier molecular flexibility index (Phi) is 2.65. The smallest absolute Gasteiger partial charge is 0.0297 e. The van der Waals surface area contributed by atoms with Crippen LogP contribution in [0.4, 0.5) is 0 Å². The molecule has 1 atom stereocenters. The Labute approximate surface area is 61.3 Å². The summed E-state index contributed by atoms with van der Waals surface area (Å²) in [7, 11) is 0. The lowest BCUT2D eigenvalue weighted by Crippen LogP contribution is -1.96. The molecular formula is C8H9S. The van der Waals surface area contributed by atoms with Gasteiger partial charge in [0.1, 0.15) is 0 Å². The molecule has 0 saturated carbocycles. The predicted molar refractivity (Wildman–Crippen MR) is 43.6 cm³/mol. The molecule has 0 amide bonds. The van der Waals surface area contributed by atoms with E-state index < -0.39 is 0 Å². The van der Waals surface area contributed by atoms with Crippen molar-refractivity contribution < 1.29 is 0 Å². The van der Waals surface area contributed by atoms with Gasteiger partial charge in [-0.1, -0.05) is 36.5 Å². The summed E-state index contributed by atoms with van der Waals surface area (Å²) in [5, 5.41) is 2.74. The fourth-order valence-electron chi connectivity index (χ4n) is 0.890. The average molecular weight is 137 g/mol. The molecule has 0 aromatic rings. The number of allylic oxidation sites excluding steroid dienone is 4. The topological polar surface area (TPSA) is 0 Å². The minimum Gasteiger partial charge on any atom is -0.0840 e. The Hall–Kier alpha value is -0.430.